The zero-order valence-electron chi connectivity index (χ0n) is 14.8. The van der Waals surface area contributed by atoms with E-state index in [1.807, 2.05) is 38.1 Å². The van der Waals surface area contributed by atoms with Crippen LogP contribution in [-0.4, -0.2) is 30.8 Å². The first-order valence-electron chi connectivity index (χ1n) is 8.38. The molecule has 1 aromatic heterocycles. The first-order chi connectivity index (χ1) is 12.2. The van der Waals surface area contributed by atoms with Crippen LogP contribution in [0.3, 0.4) is 0 Å². The summed E-state index contributed by atoms with van der Waals surface area (Å²) in [6.45, 7) is 7.05. The van der Waals surface area contributed by atoms with E-state index >= 15 is 0 Å². The molecule has 1 heterocycles. The van der Waals surface area contributed by atoms with Gasteiger partial charge in [-0.3, -0.25) is 4.98 Å². The van der Waals surface area contributed by atoms with Crippen LogP contribution in [0.2, 0.25) is 0 Å². The quantitative estimate of drug-likeness (QED) is 0.537. The van der Waals surface area contributed by atoms with E-state index in [-0.39, 0.29) is 0 Å². The van der Waals surface area contributed by atoms with Crippen LogP contribution < -0.4 is 9.47 Å². The molecular formula is C20H23NO4. The minimum atomic E-state index is -0.416. The average molecular weight is 341 g/mol. The van der Waals surface area contributed by atoms with Gasteiger partial charge in [-0.1, -0.05) is 12.1 Å². The largest absolute Gasteiger partial charge is 0.494 e. The molecule has 2 rings (SSSR count). The van der Waals surface area contributed by atoms with E-state index in [4.69, 9.17) is 14.2 Å². The number of rotatable bonds is 8. The number of pyridine rings is 1. The summed E-state index contributed by atoms with van der Waals surface area (Å²) in [5.74, 6) is 0.993. The molecular weight excluding hydrogens is 318 g/mol. The molecule has 0 atom stereocenters. The Bertz CT molecular complexity index is 723. The van der Waals surface area contributed by atoms with Gasteiger partial charge in [0, 0.05) is 0 Å². The molecule has 0 saturated heterocycles. The standard InChI is InChI=1S/C20H23NO4/c1-4-23-16-9-7-8-15(12-16)13-18(20(22)25-6-3)19-11-10-17(14-21-19)24-5-2/h7-14H,4-6H2,1-3H3. The summed E-state index contributed by atoms with van der Waals surface area (Å²) in [6.07, 6.45) is 3.35. The lowest BCUT2D eigenvalue weighted by Crippen LogP contribution is -2.08. The van der Waals surface area contributed by atoms with Gasteiger partial charge in [-0.2, -0.15) is 0 Å². The molecule has 5 heteroatoms. The van der Waals surface area contributed by atoms with Gasteiger partial charge in [0.2, 0.25) is 0 Å². The van der Waals surface area contributed by atoms with Gasteiger partial charge in [0.05, 0.1) is 37.3 Å². The van der Waals surface area contributed by atoms with E-state index in [9.17, 15) is 4.79 Å². The smallest absolute Gasteiger partial charge is 0.340 e. The summed E-state index contributed by atoms with van der Waals surface area (Å²) in [7, 11) is 0. The van der Waals surface area contributed by atoms with Crippen LogP contribution in [0.15, 0.2) is 42.6 Å². The van der Waals surface area contributed by atoms with Crippen molar-refractivity contribution in [2.75, 3.05) is 19.8 Å². The molecule has 0 unspecified atom stereocenters. The topological polar surface area (TPSA) is 57.7 Å². The minimum Gasteiger partial charge on any atom is -0.494 e. The van der Waals surface area contributed by atoms with E-state index in [1.54, 1.807) is 31.3 Å². The Morgan fingerprint density at radius 2 is 1.76 bits per heavy atom. The van der Waals surface area contributed by atoms with E-state index in [2.05, 4.69) is 4.98 Å². The third-order valence-corrected chi connectivity index (χ3v) is 3.30. The van der Waals surface area contributed by atoms with Gasteiger partial charge in [-0.15, -0.1) is 0 Å². The highest BCUT2D eigenvalue weighted by molar-refractivity contribution is 6.21. The maximum atomic E-state index is 12.4. The fourth-order valence-corrected chi connectivity index (χ4v) is 2.27. The van der Waals surface area contributed by atoms with Gasteiger partial charge in [0.15, 0.2) is 0 Å². The number of carbonyl (C=O) groups is 1. The molecule has 25 heavy (non-hydrogen) atoms. The summed E-state index contributed by atoms with van der Waals surface area (Å²) < 4.78 is 16.1. The molecule has 132 valence electrons. The number of ether oxygens (including phenoxy) is 3. The lowest BCUT2D eigenvalue weighted by molar-refractivity contribution is -0.136. The van der Waals surface area contributed by atoms with Gasteiger partial charge < -0.3 is 14.2 Å². The number of carbonyl (C=O) groups excluding carboxylic acids is 1. The molecule has 0 aliphatic carbocycles. The highest BCUT2D eigenvalue weighted by Crippen LogP contribution is 2.22. The van der Waals surface area contributed by atoms with Gasteiger partial charge in [0.1, 0.15) is 11.5 Å². The molecule has 0 aliphatic rings. The van der Waals surface area contributed by atoms with Crippen molar-refractivity contribution in [1.29, 1.82) is 0 Å². The van der Waals surface area contributed by atoms with Crippen molar-refractivity contribution < 1.29 is 19.0 Å². The van der Waals surface area contributed by atoms with Gasteiger partial charge in [0.25, 0.3) is 0 Å². The van der Waals surface area contributed by atoms with Crippen LogP contribution in [0.5, 0.6) is 11.5 Å². The summed E-state index contributed by atoms with van der Waals surface area (Å²) in [5.41, 5.74) is 1.76. The fourth-order valence-electron chi connectivity index (χ4n) is 2.27. The molecule has 0 N–H and O–H groups in total. The van der Waals surface area contributed by atoms with Gasteiger partial charge in [-0.05, 0) is 56.7 Å². The van der Waals surface area contributed by atoms with E-state index in [1.165, 1.54) is 0 Å². The molecule has 0 fully saturated rings. The SMILES string of the molecule is CCOC(=O)C(=Cc1cccc(OCC)c1)c1ccc(OCC)cn1. The number of hydrogen-bond acceptors (Lipinski definition) is 5. The first-order valence-corrected chi connectivity index (χ1v) is 8.38. The van der Waals surface area contributed by atoms with Crippen molar-refractivity contribution in [2.45, 2.75) is 20.8 Å². The van der Waals surface area contributed by atoms with E-state index in [0.717, 1.165) is 11.3 Å². The molecule has 0 radical (unpaired) electrons. The zero-order chi connectivity index (χ0) is 18.1. The second-order valence-corrected chi connectivity index (χ2v) is 5.10. The Morgan fingerprint density at radius 1 is 1.00 bits per heavy atom. The third kappa shape index (κ3) is 5.35. The van der Waals surface area contributed by atoms with Crippen LogP contribution in [-0.2, 0) is 9.53 Å². The predicted molar refractivity (Wildman–Crippen MR) is 97.5 cm³/mol. The average Bonchev–Trinajstić information content (AvgIpc) is 2.62. The normalized spacial score (nSPS) is 11.1. The molecule has 1 aromatic carbocycles. The van der Waals surface area contributed by atoms with Gasteiger partial charge >= 0.3 is 5.97 Å². The number of nitrogens with zero attached hydrogens (tertiary/aromatic N) is 1. The van der Waals surface area contributed by atoms with Crippen molar-refractivity contribution in [3.8, 4) is 11.5 Å². The minimum absolute atomic E-state index is 0.298. The lowest BCUT2D eigenvalue weighted by Gasteiger charge is -2.09. The zero-order valence-corrected chi connectivity index (χ0v) is 14.8. The van der Waals surface area contributed by atoms with Crippen molar-refractivity contribution in [3.63, 3.8) is 0 Å². The van der Waals surface area contributed by atoms with E-state index < -0.39 is 5.97 Å². The van der Waals surface area contributed by atoms with Crippen molar-refractivity contribution in [3.05, 3.63) is 53.9 Å². The number of esters is 1. The van der Waals surface area contributed by atoms with Crippen molar-refractivity contribution >= 4 is 17.6 Å². The Hall–Kier alpha value is -2.82. The Labute approximate surface area is 148 Å². The molecule has 0 bridgehead atoms. The summed E-state index contributed by atoms with van der Waals surface area (Å²) >= 11 is 0. The summed E-state index contributed by atoms with van der Waals surface area (Å²) in [4.78, 5) is 16.7. The molecule has 5 nitrogen and oxygen atoms in total. The number of benzene rings is 1. The molecule has 0 spiro atoms. The van der Waals surface area contributed by atoms with Crippen molar-refractivity contribution in [1.82, 2.24) is 4.98 Å². The Morgan fingerprint density at radius 3 is 2.40 bits per heavy atom. The second kappa shape index (κ2) is 9.47. The molecule has 0 saturated carbocycles. The Kier molecular flexibility index (Phi) is 7.01. The van der Waals surface area contributed by atoms with Crippen molar-refractivity contribution in [2.24, 2.45) is 0 Å². The maximum Gasteiger partial charge on any atom is 0.340 e. The molecule has 2 aromatic rings. The predicted octanol–water partition coefficient (Wildman–Crippen LogP) is 3.98. The summed E-state index contributed by atoms with van der Waals surface area (Å²) in [6, 6.07) is 11.1. The van der Waals surface area contributed by atoms with Crippen LogP contribution in [0.4, 0.5) is 0 Å². The van der Waals surface area contributed by atoms with Crippen LogP contribution in [0.25, 0.3) is 11.6 Å². The fraction of sp³-hybridized carbons (Fsp3) is 0.300. The number of aromatic nitrogens is 1. The lowest BCUT2D eigenvalue weighted by atomic mass is 10.1. The molecule has 0 aliphatic heterocycles. The van der Waals surface area contributed by atoms with Crippen LogP contribution in [0, 0.1) is 0 Å². The number of hydrogen-bond donors (Lipinski definition) is 0. The van der Waals surface area contributed by atoms with Crippen LogP contribution in [0.1, 0.15) is 32.0 Å². The first kappa shape index (κ1) is 18.5. The second-order valence-electron chi connectivity index (χ2n) is 5.10. The Balaban J connectivity index is 2.38. The van der Waals surface area contributed by atoms with E-state index in [0.29, 0.717) is 36.8 Å². The monoisotopic (exact) mass is 341 g/mol. The third-order valence-electron chi connectivity index (χ3n) is 3.30. The molecule has 0 amide bonds. The highest BCUT2D eigenvalue weighted by atomic mass is 16.5. The summed E-state index contributed by atoms with van der Waals surface area (Å²) in [5, 5.41) is 0. The highest BCUT2D eigenvalue weighted by Gasteiger charge is 2.15. The maximum absolute atomic E-state index is 12.4. The van der Waals surface area contributed by atoms with Crippen LogP contribution >= 0.6 is 0 Å². The van der Waals surface area contributed by atoms with Gasteiger partial charge in [-0.25, -0.2) is 4.79 Å².